The molecule has 7 heteroatoms. The molecule has 0 radical (unpaired) electrons. The Kier molecular flexibility index (Phi) is 9.41. The van der Waals surface area contributed by atoms with Gasteiger partial charge in [-0.25, -0.2) is 9.18 Å². The summed E-state index contributed by atoms with van der Waals surface area (Å²) in [6.07, 6.45) is 3.61. The summed E-state index contributed by atoms with van der Waals surface area (Å²) in [6.45, 7) is 14.5. The van der Waals surface area contributed by atoms with Gasteiger partial charge in [0.1, 0.15) is 18.3 Å². The highest BCUT2D eigenvalue weighted by Gasteiger charge is 2.44. The maximum atomic E-state index is 15.3. The van der Waals surface area contributed by atoms with Crippen LogP contribution in [0.25, 0.3) is 6.08 Å². The van der Waals surface area contributed by atoms with Crippen molar-refractivity contribution in [2.45, 2.75) is 83.8 Å². The van der Waals surface area contributed by atoms with Gasteiger partial charge < -0.3 is 19.3 Å². The van der Waals surface area contributed by atoms with E-state index >= 15 is 4.39 Å². The first-order valence-electron chi connectivity index (χ1n) is 11.3. The summed E-state index contributed by atoms with van der Waals surface area (Å²) < 4.78 is 32.6. The quantitative estimate of drug-likeness (QED) is 0.308. The van der Waals surface area contributed by atoms with Crippen molar-refractivity contribution in [1.82, 2.24) is 0 Å². The zero-order chi connectivity index (χ0) is 25.0. The Bertz CT molecular complexity index is 893. The Labute approximate surface area is 199 Å². The van der Waals surface area contributed by atoms with Gasteiger partial charge in [-0.15, -0.1) is 8.58 Å². The van der Waals surface area contributed by atoms with Crippen LogP contribution in [-0.2, 0) is 14.2 Å². The van der Waals surface area contributed by atoms with Crippen LogP contribution < -0.4 is 0 Å². The van der Waals surface area contributed by atoms with Crippen molar-refractivity contribution in [3.05, 3.63) is 52.6 Å². The second-order valence-corrected chi connectivity index (χ2v) is 10.4. The molecule has 3 rings (SSSR count). The lowest BCUT2D eigenvalue weighted by molar-refractivity contribution is -0.152. The molecular formula is C26H38FO5P. The lowest BCUT2D eigenvalue weighted by Gasteiger charge is -2.26. The van der Waals surface area contributed by atoms with Crippen LogP contribution in [0.3, 0.4) is 0 Å². The molecule has 0 aromatic heterocycles. The van der Waals surface area contributed by atoms with Gasteiger partial charge in [-0.1, -0.05) is 35.9 Å². The van der Waals surface area contributed by atoms with E-state index in [2.05, 4.69) is 13.3 Å². The molecule has 5 nitrogen and oxygen atoms in total. The monoisotopic (exact) mass is 480 g/mol. The fourth-order valence-electron chi connectivity index (χ4n) is 3.94. The van der Waals surface area contributed by atoms with Crippen molar-refractivity contribution < 1.29 is 28.5 Å². The van der Waals surface area contributed by atoms with Gasteiger partial charge in [-0.2, -0.15) is 0 Å². The number of fused-ring (bicyclic) bond motifs is 2. The van der Waals surface area contributed by atoms with Crippen molar-refractivity contribution >= 4 is 20.6 Å². The van der Waals surface area contributed by atoms with Gasteiger partial charge in [-0.3, -0.25) is 0 Å². The van der Waals surface area contributed by atoms with Gasteiger partial charge in [0.25, 0.3) is 0 Å². The number of ether oxygens (including phenoxy) is 3. The van der Waals surface area contributed by atoms with E-state index in [1.165, 1.54) is 26.0 Å². The molecule has 1 N–H and O–H groups in total. The molecule has 5 atom stereocenters. The predicted octanol–water partition coefficient (Wildman–Crippen LogP) is 5.36. The molecule has 0 amide bonds. The Balaban J connectivity index is 0.00000122. The average molecular weight is 481 g/mol. The third-order valence-electron chi connectivity index (χ3n) is 5.64. The first kappa shape index (κ1) is 27.7. The standard InChI is InChI=1S/C24H31FO5.C2H7P/c1-14-12-15(2)20-17(13-14)8-7-9-19-21(30-23(4,5)29-19)18(26)10-11-24(6,25)16(3)28-22(20)27;1-3-2/h7-8,10-13,16,18-19,21,26H,9H2,1-6H3;3H,1-2H3/b8-7+,11-10-;. The van der Waals surface area contributed by atoms with Crippen molar-refractivity contribution in [3.8, 4) is 0 Å². The molecule has 5 unspecified atom stereocenters. The summed E-state index contributed by atoms with van der Waals surface area (Å²) in [5.74, 6) is -1.43. The Hall–Kier alpha value is -1.59. The molecule has 1 fully saturated rings. The third kappa shape index (κ3) is 7.19. The zero-order valence-corrected chi connectivity index (χ0v) is 21.9. The van der Waals surface area contributed by atoms with Crippen LogP contribution in [0.4, 0.5) is 4.39 Å². The highest BCUT2D eigenvalue weighted by atomic mass is 31.1. The highest BCUT2D eigenvalue weighted by molar-refractivity contribution is 7.35. The highest BCUT2D eigenvalue weighted by Crippen LogP contribution is 2.33. The minimum Gasteiger partial charge on any atom is -0.455 e. The minimum absolute atomic E-state index is 0.413. The minimum atomic E-state index is -1.97. The lowest BCUT2D eigenvalue weighted by Crippen LogP contribution is -2.37. The van der Waals surface area contributed by atoms with Crippen LogP contribution in [0, 0.1) is 13.8 Å². The van der Waals surface area contributed by atoms with Crippen LogP contribution in [-0.4, -0.2) is 60.3 Å². The van der Waals surface area contributed by atoms with E-state index in [-0.39, 0.29) is 0 Å². The number of hydrogen-bond donors (Lipinski definition) is 1. The lowest BCUT2D eigenvalue weighted by atomic mass is 9.95. The van der Waals surface area contributed by atoms with Crippen LogP contribution in [0.2, 0.25) is 0 Å². The normalized spacial score (nSPS) is 33.5. The number of esters is 1. The van der Waals surface area contributed by atoms with Crippen molar-refractivity contribution in [3.63, 3.8) is 0 Å². The maximum absolute atomic E-state index is 15.3. The fraction of sp³-hybridized carbons (Fsp3) is 0.577. The number of aliphatic hydroxyl groups is 1. The summed E-state index contributed by atoms with van der Waals surface area (Å²) in [7, 11) is 1.08. The van der Waals surface area contributed by atoms with Gasteiger partial charge >= 0.3 is 5.97 Å². The summed E-state index contributed by atoms with van der Waals surface area (Å²) in [4.78, 5) is 12.9. The Morgan fingerprint density at radius 3 is 2.42 bits per heavy atom. The van der Waals surface area contributed by atoms with Gasteiger partial charge in [0, 0.05) is 0 Å². The predicted molar refractivity (Wildman–Crippen MR) is 133 cm³/mol. The number of benzene rings is 1. The molecule has 1 saturated heterocycles. The Morgan fingerprint density at radius 1 is 1.15 bits per heavy atom. The molecular weight excluding hydrogens is 442 g/mol. The number of cyclic esters (lactones) is 1. The molecule has 2 aliphatic heterocycles. The van der Waals surface area contributed by atoms with Gasteiger partial charge in [-0.05, 0) is 78.5 Å². The van der Waals surface area contributed by atoms with Crippen LogP contribution in [0.15, 0.2) is 30.4 Å². The summed E-state index contributed by atoms with van der Waals surface area (Å²) in [5, 5.41) is 10.6. The number of rotatable bonds is 0. The van der Waals surface area contributed by atoms with Gasteiger partial charge in [0.2, 0.25) is 0 Å². The largest absolute Gasteiger partial charge is 0.455 e. The second-order valence-electron chi connectivity index (χ2n) is 9.37. The topological polar surface area (TPSA) is 65.0 Å². The molecule has 0 bridgehead atoms. The summed E-state index contributed by atoms with van der Waals surface area (Å²) in [6, 6.07) is 3.80. The fourth-order valence-corrected chi connectivity index (χ4v) is 3.94. The number of carbonyl (C=O) groups is 1. The Morgan fingerprint density at radius 2 is 1.79 bits per heavy atom. The van der Waals surface area contributed by atoms with Crippen molar-refractivity contribution in [1.29, 1.82) is 0 Å². The first-order valence-corrected chi connectivity index (χ1v) is 13.3. The number of carbonyl (C=O) groups excluding carboxylic acids is 1. The third-order valence-corrected chi connectivity index (χ3v) is 5.64. The van der Waals surface area contributed by atoms with Crippen LogP contribution in [0.5, 0.6) is 0 Å². The van der Waals surface area contributed by atoms with E-state index in [9.17, 15) is 9.90 Å². The van der Waals surface area contributed by atoms with E-state index < -0.39 is 41.8 Å². The maximum Gasteiger partial charge on any atom is 0.339 e. The molecule has 1 aromatic carbocycles. The van der Waals surface area contributed by atoms with Crippen molar-refractivity contribution in [2.24, 2.45) is 0 Å². The SMILES string of the molecule is CPC.Cc1cc(C)c2c(c1)/C=C/CC1OC(C)(C)OC1C(O)/C=C\C(C)(F)C(C)OC2=O. The smallest absolute Gasteiger partial charge is 0.339 e. The van der Waals surface area contributed by atoms with Gasteiger partial charge in [0.15, 0.2) is 11.5 Å². The number of aryl methyl sites for hydroxylation is 2. The molecule has 0 saturated carbocycles. The molecule has 33 heavy (non-hydrogen) atoms. The number of alkyl halides is 1. The zero-order valence-electron chi connectivity index (χ0n) is 20.9. The molecule has 184 valence electrons. The summed E-state index contributed by atoms with van der Waals surface area (Å²) in [5.41, 5.74) is 0.921. The first-order chi connectivity index (χ1) is 15.3. The van der Waals surface area contributed by atoms with Gasteiger partial charge in [0.05, 0.1) is 11.7 Å². The summed E-state index contributed by atoms with van der Waals surface area (Å²) >= 11 is 0. The average Bonchev–Trinajstić information content (AvgIpc) is 3.00. The molecule has 0 spiro atoms. The molecule has 0 aliphatic carbocycles. The van der Waals surface area contributed by atoms with E-state index in [1.54, 1.807) is 13.8 Å². The number of halogens is 1. The molecule has 1 aromatic rings. The van der Waals surface area contributed by atoms with E-state index in [0.29, 0.717) is 17.5 Å². The van der Waals surface area contributed by atoms with Crippen LogP contribution >= 0.6 is 8.58 Å². The molecule has 2 aliphatic rings. The van der Waals surface area contributed by atoms with E-state index in [4.69, 9.17) is 14.2 Å². The van der Waals surface area contributed by atoms with E-state index in [0.717, 1.165) is 19.7 Å². The second kappa shape index (κ2) is 11.2. The van der Waals surface area contributed by atoms with Crippen LogP contribution in [0.1, 0.15) is 61.2 Å². The number of aliphatic hydroxyl groups excluding tert-OH is 1. The van der Waals surface area contributed by atoms with E-state index in [1.807, 2.05) is 38.1 Å². The van der Waals surface area contributed by atoms with Crippen molar-refractivity contribution in [2.75, 3.05) is 13.3 Å². The molecule has 2 heterocycles. The number of hydrogen-bond acceptors (Lipinski definition) is 5.